The molecule has 0 unspecified atom stereocenters. The topological polar surface area (TPSA) is 69.4 Å². The first-order chi connectivity index (χ1) is 37.8. The van der Waals surface area contributed by atoms with Crippen LogP contribution >= 0.6 is 0 Å². The maximum Gasteiger partial charge on any atom is 0.345 e. The number of unbranched alkanes of at least 4 members (excludes halogenated alkanes) is 15. The number of allylic oxidation sites excluding steroid dienone is 1. The van der Waals surface area contributed by atoms with Gasteiger partial charge in [0.2, 0.25) is 0 Å². The summed E-state index contributed by atoms with van der Waals surface area (Å²) in [6.07, 6.45) is 21.4. The zero-order valence-corrected chi connectivity index (χ0v) is 42.7. The summed E-state index contributed by atoms with van der Waals surface area (Å²) in [6, 6.07) is 0. The van der Waals surface area contributed by atoms with Crippen LogP contribution in [0.1, 0.15) is 116 Å². The fourth-order valence-corrected chi connectivity index (χ4v) is 9.29. The van der Waals surface area contributed by atoms with Crippen LogP contribution in [0, 0.1) is 116 Å². The van der Waals surface area contributed by atoms with Gasteiger partial charge < -0.3 is 9.47 Å². The summed E-state index contributed by atoms with van der Waals surface area (Å²) in [7, 11) is 2.58. The van der Waals surface area contributed by atoms with E-state index in [4.69, 9.17) is 9.47 Å². The number of rotatable bonds is 25. The first-order valence-electron chi connectivity index (χ1n) is 24.7. The molecule has 80 heavy (non-hydrogen) atoms. The molecule has 0 saturated heterocycles. The minimum absolute atomic E-state index is 0.0141. The van der Waals surface area contributed by atoms with Crippen molar-refractivity contribution in [1.82, 2.24) is 4.98 Å². The molecule has 6 nitrogen and oxygen atoms in total. The molecule has 0 radical (unpaired) electrons. The predicted octanol–water partition coefficient (Wildman–Crippen LogP) is 12.5. The Balaban J connectivity index is 0.000000357. The number of methoxy groups -OCH3 is 2. The Labute approximate surface area is 444 Å². The molecule has 27 heteroatoms. The number of esters is 2. The molecule has 0 N–H and O–H groups in total. The highest BCUT2D eigenvalue weighted by molar-refractivity contribution is 7.20. The van der Waals surface area contributed by atoms with E-state index in [2.05, 4.69) is 11.9 Å². The predicted molar refractivity (Wildman–Crippen MR) is 249 cm³/mol. The molecule has 1 heterocycles. The van der Waals surface area contributed by atoms with Gasteiger partial charge in [0.1, 0.15) is 58.3 Å². The largest absolute Gasteiger partial charge is 0.465 e. The molecule has 4 aromatic carbocycles. The number of nitrogens with zero attached hydrogens (tertiary/aromatic N) is 2. The Hall–Kier alpha value is -6.70. The van der Waals surface area contributed by atoms with Gasteiger partial charge in [0, 0.05) is 5.57 Å². The molecule has 0 amide bonds. The van der Waals surface area contributed by atoms with E-state index in [1.165, 1.54) is 104 Å². The number of hydrogen-bond donors (Lipinski definition) is 0. The molecule has 0 spiro atoms. The first-order valence-corrected chi connectivity index (χ1v) is 24.7. The van der Waals surface area contributed by atoms with Gasteiger partial charge in [-0.2, -0.15) is 4.57 Å². The lowest BCUT2D eigenvalue weighted by Crippen LogP contribution is -2.81. The molecular formula is C53H49BF20N2O4. The van der Waals surface area contributed by atoms with E-state index < -0.39 is 156 Å². The Morgan fingerprint density at radius 2 is 0.600 bits per heavy atom. The van der Waals surface area contributed by atoms with E-state index >= 15 is 35.1 Å². The molecule has 0 aliphatic rings. The van der Waals surface area contributed by atoms with Crippen LogP contribution < -0.4 is 26.4 Å². The van der Waals surface area contributed by atoms with E-state index in [1.54, 1.807) is 12.4 Å². The van der Waals surface area contributed by atoms with Crippen molar-refractivity contribution in [3.8, 4) is 0 Å². The van der Waals surface area contributed by atoms with Crippen LogP contribution in [-0.4, -0.2) is 37.3 Å². The molecule has 5 aromatic rings. The van der Waals surface area contributed by atoms with Crippen molar-refractivity contribution in [2.45, 2.75) is 123 Å². The second-order valence-electron chi connectivity index (χ2n) is 18.2. The second-order valence-corrected chi connectivity index (χ2v) is 18.2. The van der Waals surface area contributed by atoms with Crippen LogP contribution in [0.25, 0.3) is 0 Å². The highest BCUT2D eigenvalue weighted by Crippen LogP contribution is 2.31. The summed E-state index contributed by atoms with van der Waals surface area (Å²) in [5.74, 6) is -72.7. The molecule has 5 rings (SSSR count). The van der Waals surface area contributed by atoms with Gasteiger partial charge in [0.25, 0.3) is 0 Å². The molecular weight excluding hydrogens is 1120 g/mol. The van der Waals surface area contributed by atoms with Crippen LogP contribution in [-0.2, 0) is 25.6 Å². The molecule has 0 saturated carbocycles. The molecule has 0 atom stereocenters. The lowest BCUT2D eigenvalue weighted by atomic mass is 9.12. The van der Waals surface area contributed by atoms with Gasteiger partial charge >= 0.3 is 11.9 Å². The van der Waals surface area contributed by atoms with Crippen LogP contribution in [0.3, 0.4) is 0 Å². The minimum atomic E-state index is -7.22. The number of aromatic nitrogens is 2. The maximum absolute atomic E-state index is 15.4. The highest BCUT2D eigenvalue weighted by atomic mass is 19.2. The van der Waals surface area contributed by atoms with Gasteiger partial charge in [-0.3, -0.25) is 4.98 Å². The zero-order chi connectivity index (χ0) is 59.9. The fraction of sp³-hybridized carbons (Fsp3) is 0.396. The van der Waals surface area contributed by atoms with Crippen LogP contribution in [0.5, 0.6) is 0 Å². The normalized spacial score (nSPS) is 11.4. The molecule has 0 aliphatic heterocycles. The maximum atomic E-state index is 15.4. The van der Waals surface area contributed by atoms with Crippen molar-refractivity contribution in [2.24, 2.45) is 0 Å². The fourth-order valence-electron chi connectivity index (χ4n) is 9.29. The van der Waals surface area contributed by atoms with E-state index in [1.807, 2.05) is 17.0 Å². The molecule has 0 bridgehead atoms. The van der Waals surface area contributed by atoms with Gasteiger partial charge in [-0.05, 0) is 12.8 Å². The lowest BCUT2D eigenvalue weighted by molar-refractivity contribution is -0.689. The van der Waals surface area contributed by atoms with Gasteiger partial charge in [-0.15, -0.1) is 21.9 Å². The van der Waals surface area contributed by atoms with Crippen LogP contribution in [0.15, 0.2) is 35.9 Å². The number of carbonyl (C=O) groups is 2. The van der Waals surface area contributed by atoms with Crippen molar-refractivity contribution in [2.75, 3.05) is 14.2 Å². The zero-order valence-electron chi connectivity index (χ0n) is 42.7. The van der Waals surface area contributed by atoms with Gasteiger partial charge in [-0.1, -0.05) is 103 Å². The number of halogens is 20. The Kier molecular flexibility index (Phi) is 24.4. The Bertz CT molecular complexity index is 2660. The Morgan fingerprint density at radius 1 is 0.375 bits per heavy atom. The van der Waals surface area contributed by atoms with Crippen LogP contribution in [0.4, 0.5) is 87.8 Å². The van der Waals surface area contributed by atoms with E-state index in [-0.39, 0.29) is 5.57 Å². The van der Waals surface area contributed by atoms with Crippen molar-refractivity contribution in [1.29, 1.82) is 0 Å². The summed E-state index contributed by atoms with van der Waals surface area (Å²) < 4.78 is 306. The Morgan fingerprint density at radius 3 is 0.838 bits per heavy atom. The smallest absolute Gasteiger partial charge is 0.345 e. The third kappa shape index (κ3) is 13.9. The number of ether oxygens (including phenoxy) is 2. The first kappa shape index (κ1) is 65.8. The van der Waals surface area contributed by atoms with Crippen LogP contribution in [0.2, 0.25) is 0 Å². The summed E-state index contributed by atoms with van der Waals surface area (Å²) >= 11 is 0. The van der Waals surface area contributed by atoms with Gasteiger partial charge in [0.15, 0.2) is 88.7 Å². The number of hydrogen-bond acceptors (Lipinski definition) is 5. The summed E-state index contributed by atoms with van der Waals surface area (Å²) in [6.45, 7) is 2.70. The highest BCUT2D eigenvalue weighted by Gasteiger charge is 2.52. The standard InChI is InChI=1S/C29H49N2O4.C24BF20/c1-4-5-6-7-8-9-10-11-12-13-14-15-16-17-18-19-20-26(25-31-23-21-30-22-24-31)27(28(32)34-2)29(33)35-3;26-5-1(6(27)14(35)21(42)13(5)34)25(2-7(28)15(36)22(43)16(37)8(2)29,3-9(30)17(38)23(44)18(39)10(3)31)4-11(32)19(40)24(45)20(41)12(4)33/h21-24H,4-20,25H2,1-3H3;/q+1;-1. The summed E-state index contributed by atoms with van der Waals surface area (Å²) in [4.78, 5) is 28.7. The van der Waals surface area contributed by atoms with Crippen molar-refractivity contribution in [3.63, 3.8) is 0 Å². The van der Waals surface area contributed by atoms with E-state index in [0.29, 0.717) is 13.0 Å². The molecule has 0 fully saturated rings. The SMILES string of the molecule is CCCCCCCCCCCCCCCCCCC(C[n+]1ccncc1)=C(C(=O)OC)C(=O)OC.Fc1c(F)c(F)c([B-](c2c(F)c(F)c(F)c(F)c2F)(c2c(F)c(F)c(F)c(F)c2F)c2c(F)c(F)c(F)c(F)c2F)c(F)c1F. The quantitative estimate of drug-likeness (QED) is 0.00556. The van der Waals surface area contributed by atoms with E-state index in [0.717, 1.165) is 18.4 Å². The summed E-state index contributed by atoms with van der Waals surface area (Å²) in [5, 5.41) is 0. The molecule has 0 aliphatic carbocycles. The molecule has 1 aromatic heterocycles. The van der Waals surface area contributed by atoms with Gasteiger partial charge in [-0.25, -0.2) is 97.4 Å². The van der Waals surface area contributed by atoms with Crippen molar-refractivity contribution in [3.05, 3.63) is 152 Å². The molecule has 438 valence electrons. The third-order valence-corrected chi connectivity index (χ3v) is 13.2. The lowest BCUT2D eigenvalue weighted by Gasteiger charge is -2.44. The number of benzene rings is 4. The average molecular weight is 1170 g/mol. The van der Waals surface area contributed by atoms with Gasteiger partial charge in [0.05, 0.1) is 26.6 Å². The van der Waals surface area contributed by atoms with Crippen molar-refractivity contribution < 1.29 is 111 Å². The number of carbonyl (C=O) groups excluding carboxylic acids is 2. The van der Waals surface area contributed by atoms with Crippen molar-refractivity contribution >= 4 is 39.9 Å². The monoisotopic (exact) mass is 1170 g/mol. The second kappa shape index (κ2) is 29.7. The minimum Gasteiger partial charge on any atom is -0.465 e. The summed E-state index contributed by atoms with van der Waals surface area (Å²) in [5.41, 5.74) is -13.6. The van der Waals surface area contributed by atoms with E-state index in [9.17, 15) is 62.3 Å². The average Bonchev–Trinajstić information content (AvgIpc) is 2.17. The third-order valence-electron chi connectivity index (χ3n) is 13.2.